The second-order valence-corrected chi connectivity index (χ2v) is 22.0. The molecule has 0 saturated carbocycles. The number of aliphatic hydroxyl groups is 2. The number of amides is 2. The van der Waals surface area contributed by atoms with Gasteiger partial charge in [0.1, 0.15) is 36.3 Å². The van der Waals surface area contributed by atoms with Crippen LogP contribution in [0.4, 0.5) is 5.82 Å². The number of imidazole rings is 1. The number of aromatic nitrogens is 4. The molecule has 0 bridgehead atoms. The molecule has 13 N–H and O–H groups in total. The minimum atomic E-state index is -5.58. The van der Waals surface area contributed by atoms with Gasteiger partial charge in [0.25, 0.3) is 0 Å². The Morgan fingerprint density at radius 2 is 1.51 bits per heavy atom. The zero-order valence-corrected chi connectivity index (χ0v) is 42.3. The lowest BCUT2D eigenvalue weighted by Gasteiger charge is -2.30. The van der Waals surface area contributed by atoms with Gasteiger partial charge in [-0.25, -0.2) is 28.6 Å². The maximum atomic E-state index is 12.7. The number of ether oxygens (including phenoxy) is 1. The Kier molecular flexibility index (Phi) is 27.3. The molecule has 1 fully saturated rings. The monoisotopic (exact) mass is 1050 g/mol. The Morgan fingerprint density at radius 3 is 2.16 bits per heavy atom. The number of phosphoric ester groups is 3. The van der Waals surface area contributed by atoms with Gasteiger partial charge in [0.05, 0.1) is 19.5 Å². The summed E-state index contributed by atoms with van der Waals surface area (Å²) < 4.78 is 62.4. The fraction of sp³-hybridized carbons (Fsp3) is 0.744. The first kappa shape index (κ1) is 61.4. The number of allylic oxidation sites excluding steroid dienone is 2. The van der Waals surface area contributed by atoms with Gasteiger partial charge < -0.3 is 57.0 Å². The van der Waals surface area contributed by atoms with Crippen molar-refractivity contribution in [2.75, 3.05) is 37.8 Å². The smallest absolute Gasteiger partial charge is 0.386 e. The van der Waals surface area contributed by atoms with Gasteiger partial charge in [0.15, 0.2) is 22.8 Å². The molecule has 2 aromatic heterocycles. The van der Waals surface area contributed by atoms with E-state index < -0.39 is 84.6 Å². The minimum absolute atomic E-state index is 0. The maximum Gasteiger partial charge on any atom is 0.481 e. The van der Waals surface area contributed by atoms with Crippen molar-refractivity contribution in [1.29, 1.82) is 0 Å². The standard InChI is InChI=1S/C39H68N7O17P3S.H3N/c1-4-5-6-7-8-9-10-11-12-13-14-15-16-17-18-19-30(48)67-23-22-41-29(47)20-21-42-37(51)34(50)39(2,3)25-60-66(57,58)63-65(55,56)59-24-28-33(62-64(52,53)54)32(49)38(61-28)46-27-45-31-35(40)43-26-44-36(31)46;/h11-12,26-28,32-34,38,49-50H,4-10,13-25H2,1-3H3,(H,41,47)(H,42,51)(H,55,56)(H,57,58)(H2,40,43,44)(H2,52,53,54);1H3/b12-11-;/t28-,32-,33-,34+,38-;/m1./s1. The average molecular weight is 1050 g/mol. The molecule has 29 heteroatoms. The van der Waals surface area contributed by atoms with E-state index in [1.54, 1.807) is 0 Å². The maximum absolute atomic E-state index is 12.7. The molecule has 68 heavy (non-hydrogen) atoms. The fourth-order valence-electron chi connectivity index (χ4n) is 6.71. The normalized spacial score (nSPS) is 19.9. The van der Waals surface area contributed by atoms with Crippen molar-refractivity contribution in [2.24, 2.45) is 5.41 Å². The number of phosphoric acid groups is 3. The molecule has 7 atom stereocenters. The topological polar surface area (TPSA) is 399 Å². The van der Waals surface area contributed by atoms with E-state index in [9.17, 15) is 57.9 Å². The molecule has 0 spiro atoms. The molecule has 2 aromatic rings. The number of thioether (sulfide) groups is 1. The summed E-state index contributed by atoms with van der Waals surface area (Å²) in [4.78, 5) is 88.3. The van der Waals surface area contributed by atoms with Crippen LogP contribution in [0.15, 0.2) is 24.8 Å². The zero-order chi connectivity index (χ0) is 49.7. The molecule has 25 nitrogen and oxygen atoms in total. The van der Waals surface area contributed by atoms with Crippen LogP contribution in [-0.2, 0) is 50.7 Å². The first-order valence-electron chi connectivity index (χ1n) is 22.3. The lowest BCUT2D eigenvalue weighted by atomic mass is 9.87. The number of carbonyl (C=O) groups excluding carboxylic acids is 3. The third-order valence-electron chi connectivity index (χ3n) is 10.4. The number of anilines is 1. The molecule has 1 aliphatic rings. The number of nitrogen functional groups attached to an aromatic ring is 1. The molecular formula is C39H71N8O17P3S. The van der Waals surface area contributed by atoms with Crippen molar-refractivity contribution in [3.05, 3.63) is 24.8 Å². The molecule has 3 heterocycles. The summed E-state index contributed by atoms with van der Waals surface area (Å²) in [6.07, 6.45) is 13.5. The predicted molar refractivity (Wildman–Crippen MR) is 252 cm³/mol. The molecule has 390 valence electrons. The van der Waals surface area contributed by atoms with Gasteiger partial charge in [-0.05, 0) is 32.1 Å². The van der Waals surface area contributed by atoms with Crippen LogP contribution < -0.4 is 22.5 Å². The van der Waals surface area contributed by atoms with Gasteiger partial charge in [0, 0.05) is 37.1 Å². The van der Waals surface area contributed by atoms with Crippen LogP contribution in [0.2, 0.25) is 0 Å². The number of aliphatic hydroxyl groups excluding tert-OH is 2. The van der Waals surface area contributed by atoms with Gasteiger partial charge in [0.2, 0.25) is 11.8 Å². The molecule has 3 rings (SSSR count). The zero-order valence-electron chi connectivity index (χ0n) is 38.8. The predicted octanol–water partition coefficient (Wildman–Crippen LogP) is 4.86. The highest BCUT2D eigenvalue weighted by atomic mass is 32.2. The summed E-state index contributed by atoms with van der Waals surface area (Å²) in [5, 5.41) is 26.7. The van der Waals surface area contributed by atoms with E-state index >= 15 is 0 Å². The number of unbranched alkanes of at least 4 members (excludes halogenated alkanes) is 11. The Labute approximate surface area is 400 Å². The number of rotatable bonds is 34. The van der Waals surface area contributed by atoms with E-state index in [4.69, 9.17) is 19.5 Å². The van der Waals surface area contributed by atoms with Crippen molar-refractivity contribution in [3.63, 3.8) is 0 Å². The molecule has 1 aliphatic heterocycles. The van der Waals surface area contributed by atoms with Crippen LogP contribution in [0.3, 0.4) is 0 Å². The minimum Gasteiger partial charge on any atom is -0.386 e. The molecular weight excluding hydrogens is 977 g/mol. The van der Waals surface area contributed by atoms with E-state index in [1.165, 1.54) is 52.4 Å². The summed E-state index contributed by atoms with van der Waals surface area (Å²) in [7, 11) is -16.4. The number of hydrogen-bond donors (Lipinski definition) is 10. The number of nitrogens with one attached hydrogen (secondary N) is 2. The molecule has 1 saturated heterocycles. The van der Waals surface area contributed by atoms with Gasteiger partial charge in [-0.3, -0.25) is 32.5 Å². The van der Waals surface area contributed by atoms with Crippen LogP contribution in [0.1, 0.15) is 123 Å². The Bertz CT molecular complexity index is 2050. The third-order valence-corrected chi connectivity index (χ3v) is 14.4. The third kappa shape index (κ3) is 22.6. The van der Waals surface area contributed by atoms with Crippen molar-refractivity contribution < 1.29 is 80.5 Å². The van der Waals surface area contributed by atoms with E-state index in [0.29, 0.717) is 12.2 Å². The average Bonchev–Trinajstić information content (AvgIpc) is 3.81. The molecule has 0 aliphatic carbocycles. The van der Waals surface area contributed by atoms with E-state index in [-0.39, 0.29) is 47.8 Å². The number of nitrogens with zero attached hydrogens (tertiary/aromatic N) is 4. The van der Waals surface area contributed by atoms with Crippen LogP contribution in [-0.4, -0.2) is 123 Å². The lowest BCUT2D eigenvalue weighted by Crippen LogP contribution is -2.46. The molecule has 0 radical (unpaired) electrons. The summed E-state index contributed by atoms with van der Waals surface area (Å²) in [6, 6.07) is 0. The highest BCUT2D eigenvalue weighted by Gasteiger charge is 2.50. The molecule has 0 aromatic carbocycles. The number of nitrogens with two attached hydrogens (primary N) is 1. The Balaban J connectivity index is 0.0000159. The number of carbonyl (C=O) groups is 3. The number of hydrogen-bond acceptors (Lipinski definition) is 19. The van der Waals surface area contributed by atoms with Crippen LogP contribution in [0, 0.1) is 5.41 Å². The first-order chi connectivity index (χ1) is 31.6. The van der Waals surface area contributed by atoms with Crippen molar-refractivity contribution in [3.8, 4) is 0 Å². The second kappa shape index (κ2) is 30.2. The van der Waals surface area contributed by atoms with Crippen LogP contribution in [0.25, 0.3) is 11.2 Å². The quantitative estimate of drug-likeness (QED) is 0.0254. The molecule has 2 unspecified atom stereocenters. The second-order valence-electron chi connectivity index (χ2n) is 16.6. The molecule has 2 amide bonds. The summed E-state index contributed by atoms with van der Waals surface area (Å²) >= 11 is 1.15. The Hall–Kier alpha value is -2.74. The number of fused-ring (bicyclic) bond motifs is 1. The lowest BCUT2D eigenvalue weighted by molar-refractivity contribution is -0.137. The van der Waals surface area contributed by atoms with Crippen LogP contribution >= 0.6 is 35.2 Å². The van der Waals surface area contributed by atoms with Gasteiger partial charge >= 0.3 is 23.5 Å². The van der Waals surface area contributed by atoms with E-state index in [0.717, 1.165) is 73.9 Å². The van der Waals surface area contributed by atoms with Crippen LogP contribution in [0.5, 0.6) is 0 Å². The summed E-state index contributed by atoms with van der Waals surface area (Å²) in [6.45, 7) is 2.79. The van der Waals surface area contributed by atoms with Crippen molar-refractivity contribution >= 4 is 69.1 Å². The van der Waals surface area contributed by atoms with Crippen molar-refractivity contribution in [2.45, 2.75) is 148 Å². The first-order valence-corrected chi connectivity index (χ1v) is 27.8. The highest BCUT2D eigenvalue weighted by molar-refractivity contribution is 8.13. The van der Waals surface area contributed by atoms with E-state index in [1.807, 2.05) is 0 Å². The van der Waals surface area contributed by atoms with Gasteiger partial charge in [-0.2, -0.15) is 4.31 Å². The summed E-state index contributed by atoms with van der Waals surface area (Å²) in [5.41, 5.74) is 4.29. The fourth-order valence-corrected chi connectivity index (χ4v) is 10.3. The SMILES string of the molecule is CCCCCCCC/C=C\CCCCCCCC(=O)SCCNC(=O)CCNC(=O)[C@H](O)C(C)(C)COP(=O)(O)OP(=O)(O)OC[C@H]1O[C@@H](n2cnc3c(N)ncnc32)[C@H](O)[C@@H]1OP(=O)(O)O.N. The Morgan fingerprint density at radius 1 is 0.897 bits per heavy atom. The highest BCUT2D eigenvalue weighted by Crippen LogP contribution is 2.61. The largest absolute Gasteiger partial charge is 0.481 e. The van der Waals surface area contributed by atoms with Gasteiger partial charge in [-0.15, -0.1) is 0 Å². The van der Waals surface area contributed by atoms with Gasteiger partial charge in [-0.1, -0.05) is 96.1 Å². The summed E-state index contributed by atoms with van der Waals surface area (Å²) in [5.74, 6) is -1.03. The van der Waals surface area contributed by atoms with E-state index in [2.05, 4.69) is 53.5 Å². The van der Waals surface area contributed by atoms with Crippen molar-refractivity contribution in [1.82, 2.24) is 36.3 Å².